The number of hydrogen-bond donors (Lipinski definition) is 9. The van der Waals surface area contributed by atoms with Crippen LogP contribution in [0, 0.1) is 5.92 Å². The van der Waals surface area contributed by atoms with Gasteiger partial charge in [0, 0.05) is 36.7 Å². The molecule has 1 aromatic carbocycles. The van der Waals surface area contributed by atoms with E-state index in [1.807, 2.05) is 6.92 Å². The van der Waals surface area contributed by atoms with Crippen molar-refractivity contribution in [3.8, 4) is 5.75 Å². The number of nitrogens with two attached hydrogens (primary N) is 1. The maximum atomic E-state index is 13.9. The molecule has 0 aliphatic carbocycles. The van der Waals surface area contributed by atoms with Gasteiger partial charge in [-0.05, 0) is 49.6 Å². The van der Waals surface area contributed by atoms with Crippen LogP contribution in [0.15, 0.2) is 23.2 Å². The molecule has 3 heterocycles. The number of aromatic nitrogens is 1. The van der Waals surface area contributed by atoms with Crippen molar-refractivity contribution in [2.24, 2.45) is 11.7 Å². The van der Waals surface area contributed by atoms with Crippen molar-refractivity contribution in [1.29, 1.82) is 0 Å². The predicted molar refractivity (Wildman–Crippen MR) is 199 cm³/mol. The molecule has 6 atom stereocenters. The number of hydrogen-bond acceptors (Lipinski definition) is 12. The van der Waals surface area contributed by atoms with E-state index in [0.717, 1.165) is 11.8 Å². The van der Waals surface area contributed by atoms with Crippen molar-refractivity contribution in [3.05, 3.63) is 23.8 Å². The second-order valence-electron chi connectivity index (χ2n) is 13.5. The van der Waals surface area contributed by atoms with Crippen LogP contribution in [0.3, 0.4) is 0 Å². The highest BCUT2D eigenvalue weighted by Gasteiger charge is 2.35. The number of ether oxygens (including phenoxy) is 1. The van der Waals surface area contributed by atoms with E-state index in [9.17, 15) is 43.5 Å². The Kier molecular flexibility index (Phi) is 15.0. The fraction of sp³-hybridized carbons (Fsp3) is 0.543. The molecule has 55 heavy (non-hydrogen) atoms. The lowest BCUT2D eigenvalue weighted by molar-refractivity contribution is -0.138. The van der Waals surface area contributed by atoms with E-state index >= 15 is 0 Å². The normalized spacial score (nSPS) is 22.8. The van der Waals surface area contributed by atoms with Gasteiger partial charge < -0.3 is 57.4 Å². The third-order valence-electron chi connectivity index (χ3n) is 9.37. The molecule has 1 aromatic heterocycles. The minimum atomic E-state index is -1.40. The fourth-order valence-corrected chi connectivity index (χ4v) is 7.33. The summed E-state index contributed by atoms with van der Waals surface area (Å²) in [5.41, 5.74) is 6.61. The molecule has 4 rings (SSSR count). The molecule has 20 heteroatoms. The van der Waals surface area contributed by atoms with Gasteiger partial charge in [0.2, 0.25) is 41.4 Å². The number of likely N-dealkylation sites (N-methyl/N-ethyl adjacent to an activating group) is 1. The number of β-amino-alcohol motifs (C(OH)–C–C–N with tert-alkyl or cyclic N) is 1. The Balaban J connectivity index is 1.73. The minimum Gasteiger partial charge on any atom is -0.427 e. The maximum Gasteiger partial charge on any atom is 0.308 e. The minimum absolute atomic E-state index is 0.00570. The zero-order valence-electron chi connectivity index (χ0n) is 31.1. The lowest BCUT2D eigenvalue weighted by atomic mass is 9.98. The van der Waals surface area contributed by atoms with Gasteiger partial charge >= 0.3 is 5.97 Å². The maximum absolute atomic E-state index is 13.9. The molecule has 1 saturated heterocycles. The molecule has 0 spiro atoms. The third-order valence-corrected chi connectivity index (χ3v) is 10.5. The van der Waals surface area contributed by atoms with Crippen LogP contribution >= 0.6 is 11.8 Å². The van der Waals surface area contributed by atoms with Crippen LogP contribution in [0.5, 0.6) is 5.75 Å². The van der Waals surface area contributed by atoms with E-state index in [0.29, 0.717) is 34.3 Å². The van der Waals surface area contributed by atoms with Crippen molar-refractivity contribution < 1.29 is 48.2 Å². The van der Waals surface area contributed by atoms with Gasteiger partial charge in [-0.1, -0.05) is 20.3 Å². The average Bonchev–Trinajstić information content (AvgIpc) is 3.73. The SMILES string of the molecule is CC[C@H](C)[C@@H]1NC(=O)CNC(=O)C(NC)Cc2c([nH]c3ccc(OC(C)=O)cc23)SCC(C(=O)NC(CC(N)=O)C(=O)N2CC[C@@H](O)C2)NC(=O)CNC1=O. The van der Waals surface area contributed by atoms with E-state index < -0.39 is 97.1 Å². The number of benzene rings is 1. The number of rotatable bonds is 9. The number of thioether (sulfide) groups is 1. The van der Waals surface area contributed by atoms with Crippen molar-refractivity contribution in [2.75, 3.05) is 39.0 Å². The van der Waals surface area contributed by atoms with Gasteiger partial charge in [0.05, 0.1) is 36.7 Å². The summed E-state index contributed by atoms with van der Waals surface area (Å²) in [5.74, 6) is -5.74. The zero-order valence-corrected chi connectivity index (χ0v) is 31.9. The zero-order chi connectivity index (χ0) is 40.4. The van der Waals surface area contributed by atoms with Crippen LogP contribution in [0.4, 0.5) is 0 Å². The van der Waals surface area contributed by atoms with Crippen LogP contribution in [0.1, 0.15) is 45.6 Å². The highest BCUT2D eigenvalue weighted by atomic mass is 32.2. The van der Waals surface area contributed by atoms with E-state index in [2.05, 4.69) is 36.9 Å². The van der Waals surface area contributed by atoms with Gasteiger partial charge in [-0.15, -0.1) is 11.8 Å². The Morgan fingerprint density at radius 3 is 2.38 bits per heavy atom. The first-order valence-corrected chi connectivity index (χ1v) is 18.9. The molecule has 1 fully saturated rings. The number of nitrogens with zero attached hydrogens (tertiary/aromatic N) is 1. The number of amides is 7. The first-order chi connectivity index (χ1) is 26.1. The monoisotopic (exact) mass is 787 g/mol. The summed E-state index contributed by atoms with van der Waals surface area (Å²) < 4.78 is 5.30. The highest BCUT2D eigenvalue weighted by Crippen LogP contribution is 2.34. The largest absolute Gasteiger partial charge is 0.427 e. The summed E-state index contributed by atoms with van der Waals surface area (Å²) in [6.07, 6.45) is -0.455. The van der Waals surface area contributed by atoms with Crippen molar-refractivity contribution in [3.63, 3.8) is 0 Å². The summed E-state index contributed by atoms with van der Waals surface area (Å²) >= 11 is 1.10. The lowest BCUT2D eigenvalue weighted by Gasteiger charge is -2.26. The molecule has 2 aromatic rings. The van der Waals surface area contributed by atoms with E-state index in [4.69, 9.17) is 10.5 Å². The van der Waals surface area contributed by atoms with Crippen molar-refractivity contribution >= 4 is 70.0 Å². The molecular formula is C35H49N9O10S. The molecule has 10 N–H and O–H groups in total. The second-order valence-corrected chi connectivity index (χ2v) is 14.6. The summed E-state index contributed by atoms with van der Waals surface area (Å²) in [6, 6.07) is 0.171. The van der Waals surface area contributed by atoms with Crippen LogP contribution in [0.2, 0.25) is 0 Å². The number of nitrogens with one attached hydrogen (secondary N) is 7. The smallest absolute Gasteiger partial charge is 0.308 e. The highest BCUT2D eigenvalue weighted by molar-refractivity contribution is 7.99. The van der Waals surface area contributed by atoms with Gasteiger partial charge in [-0.2, -0.15) is 0 Å². The Bertz CT molecular complexity index is 1800. The summed E-state index contributed by atoms with van der Waals surface area (Å²) in [5, 5.41) is 26.9. The first kappa shape index (κ1) is 42.5. The van der Waals surface area contributed by atoms with Crippen LogP contribution in [-0.4, -0.2) is 132 Å². The van der Waals surface area contributed by atoms with Crippen LogP contribution in [0.25, 0.3) is 10.9 Å². The molecule has 300 valence electrons. The number of H-pyrrole nitrogens is 1. The number of carbonyl (C=O) groups is 8. The average molecular weight is 788 g/mol. The number of aromatic amines is 1. The molecule has 19 nitrogen and oxygen atoms in total. The Labute approximate surface area is 321 Å². The first-order valence-electron chi connectivity index (χ1n) is 17.9. The van der Waals surface area contributed by atoms with Crippen molar-refractivity contribution in [2.45, 2.75) is 81.8 Å². The molecule has 2 aliphatic rings. The van der Waals surface area contributed by atoms with E-state index in [1.54, 1.807) is 32.2 Å². The Hall–Kier alpha value is -5.21. The number of carbonyl (C=O) groups excluding carboxylic acids is 8. The topological polar surface area (TPSA) is 283 Å². The van der Waals surface area contributed by atoms with E-state index in [1.165, 1.54) is 11.8 Å². The quantitative estimate of drug-likeness (QED) is 0.0945. The number of likely N-dealkylation sites (tertiary alicyclic amines) is 1. The second kappa shape index (κ2) is 19.4. The van der Waals surface area contributed by atoms with Gasteiger partial charge in [-0.25, -0.2) is 0 Å². The molecule has 0 radical (unpaired) electrons. The lowest BCUT2D eigenvalue weighted by Crippen LogP contribution is -2.57. The molecule has 0 bridgehead atoms. The standard InChI is InChI=1S/C35H49N9O10S/c1-5-17(2)30-33(52)39-13-28(48)40-26(32(51)41-25(12-27(36)47)35(53)44-9-8-19(46)15-44)16-55-34-22(11-24(37-4)31(50)38-14-29(49)43-30)21-10-20(54-18(3)45)6-7-23(21)42-34/h6-7,10,17,19,24-26,30,37,42,46H,5,8-9,11-16H2,1-4H3,(H2,36,47)(H,38,50)(H,39,52)(H,40,48)(H,41,51)(H,43,49)/t17-,19+,24?,25?,26?,30-/m0/s1. The van der Waals surface area contributed by atoms with Gasteiger partial charge in [-0.3, -0.25) is 38.4 Å². The fourth-order valence-electron chi connectivity index (χ4n) is 6.21. The summed E-state index contributed by atoms with van der Waals surface area (Å²) in [4.78, 5) is 109. The predicted octanol–water partition coefficient (Wildman–Crippen LogP) is -2.47. The van der Waals surface area contributed by atoms with Crippen molar-refractivity contribution in [1.82, 2.24) is 41.8 Å². The number of fused-ring (bicyclic) bond motifs is 3. The summed E-state index contributed by atoms with van der Waals surface area (Å²) in [7, 11) is 1.56. The van der Waals surface area contributed by atoms with Gasteiger partial charge in [0.25, 0.3) is 0 Å². The Morgan fingerprint density at radius 1 is 1.07 bits per heavy atom. The number of primary amides is 1. The number of aliphatic hydroxyl groups excluding tert-OH is 1. The van der Waals surface area contributed by atoms with Crippen LogP contribution in [-0.2, 0) is 44.8 Å². The van der Waals surface area contributed by atoms with E-state index in [-0.39, 0.29) is 36.9 Å². The summed E-state index contributed by atoms with van der Waals surface area (Å²) in [6.45, 7) is 4.01. The van der Waals surface area contributed by atoms with Gasteiger partial charge in [0.1, 0.15) is 23.9 Å². The Morgan fingerprint density at radius 2 is 1.76 bits per heavy atom. The van der Waals surface area contributed by atoms with Gasteiger partial charge in [0.15, 0.2) is 0 Å². The molecule has 7 amide bonds. The third kappa shape index (κ3) is 11.6. The van der Waals surface area contributed by atoms with Crippen LogP contribution < -0.4 is 42.4 Å². The molecular weight excluding hydrogens is 739 g/mol. The molecule has 2 aliphatic heterocycles. The number of aliphatic hydroxyl groups is 1. The molecule has 0 saturated carbocycles. The number of esters is 1. The molecule has 3 unspecified atom stereocenters.